The smallest absolute Gasteiger partial charge is 0.191 e. The zero-order valence-electron chi connectivity index (χ0n) is 17.7. The summed E-state index contributed by atoms with van der Waals surface area (Å²) >= 11 is 0. The summed E-state index contributed by atoms with van der Waals surface area (Å²) in [7, 11) is 1.84. The van der Waals surface area contributed by atoms with Gasteiger partial charge in [-0.25, -0.2) is 0 Å². The Morgan fingerprint density at radius 3 is 2.54 bits per heavy atom. The van der Waals surface area contributed by atoms with E-state index in [-0.39, 0.29) is 11.6 Å². The zero-order valence-corrected chi connectivity index (χ0v) is 17.7. The minimum atomic E-state index is 0.146. The zero-order chi connectivity index (χ0) is 19.0. The number of nitrogens with one attached hydrogen (secondary N) is 2. The van der Waals surface area contributed by atoms with Crippen molar-refractivity contribution in [2.75, 3.05) is 59.5 Å². The number of hydrogen-bond donors (Lipinski definition) is 2. The van der Waals surface area contributed by atoms with Crippen LogP contribution in [0.5, 0.6) is 0 Å². The molecule has 2 aliphatic heterocycles. The molecule has 0 amide bonds. The van der Waals surface area contributed by atoms with Crippen molar-refractivity contribution in [2.24, 2.45) is 10.9 Å². The van der Waals surface area contributed by atoms with Gasteiger partial charge in [0.1, 0.15) is 0 Å². The molecule has 1 atom stereocenters. The topological polar surface area (TPSA) is 52.1 Å². The van der Waals surface area contributed by atoms with Crippen LogP contribution in [0.1, 0.15) is 47.0 Å². The number of rotatable bonds is 7. The van der Waals surface area contributed by atoms with Crippen LogP contribution in [0.2, 0.25) is 0 Å². The molecule has 6 nitrogen and oxygen atoms in total. The summed E-state index contributed by atoms with van der Waals surface area (Å²) < 4.78 is 5.93. The molecule has 2 saturated heterocycles. The lowest BCUT2D eigenvalue weighted by atomic mass is 9.98. The Kier molecular flexibility index (Phi) is 8.64. The average Bonchev–Trinajstić information content (AvgIpc) is 2.62. The van der Waals surface area contributed by atoms with Crippen LogP contribution >= 0.6 is 0 Å². The number of ether oxygens (including phenoxy) is 1. The molecule has 0 saturated carbocycles. The number of guanidine groups is 1. The maximum atomic E-state index is 5.93. The lowest BCUT2D eigenvalue weighted by Gasteiger charge is -2.41. The van der Waals surface area contributed by atoms with E-state index in [1.54, 1.807) is 0 Å². The predicted molar refractivity (Wildman–Crippen MR) is 110 cm³/mol. The minimum absolute atomic E-state index is 0.146. The van der Waals surface area contributed by atoms with E-state index < -0.39 is 0 Å². The van der Waals surface area contributed by atoms with Gasteiger partial charge in [-0.05, 0) is 45.7 Å². The molecule has 0 aromatic carbocycles. The molecule has 0 aliphatic carbocycles. The van der Waals surface area contributed by atoms with Crippen LogP contribution in [0.3, 0.4) is 0 Å². The fourth-order valence-electron chi connectivity index (χ4n) is 3.93. The molecule has 0 bridgehead atoms. The van der Waals surface area contributed by atoms with Crippen LogP contribution in [0, 0.1) is 5.92 Å². The molecule has 0 aromatic heterocycles. The molecule has 0 radical (unpaired) electrons. The summed E-state index contributed by atoms with van der Waals surface area (Å²) in [6.45, 7) is 17.4. The fourth-order valence-corrected chi connectivity index (χ4v) is 3.93. The van der Waals surface area contributed by atoms with E-state index in [0.717, 1.165) is 45.3 Å². The molecule has 2 N–H and O–H groups in total. The van der Waals surface area contributed by atoms with Crippen molar-refractivity contribution in [1.29, 1.82) is 0 Å². The Bertz CT molecular complexity index is 432. The Morgan fingerprint density at radius 2 is 1.88 bits per heavy atom. The van der Waals surface area contributed by atoms with Crippen LogP contribution in [-0.2, 0) is 4.74 Å². The molecule has 2 rings (SSSR count). The number of hydrogen-bond acceptors (Lipinski definition) is 4. The molecule has 2 aliphatic rings. The highest BCUT2D eigenvalue weighted by Gasteiger charge is 2.28. The number of nitrogens with zero attached hydrogens (tertiary/aromatic N) is 3. The fraction of sp³-hybridized carbons (Fsp3) is 0.950. The SMILES string of the molecule is CN=C(NCC1CN(CC(C)C)CCO1)NCC(C)(C)N1CCCCC1. The van der Waals surface area contributed by atoms with Crippen LogP contribution < -0.4 is 10.6 Å². The van der Waals surface area contributed by atoms with Gasteiger partial charge in [0.2, 0.25) is 0 Å². The molecular formula is C20H41N5O. The standard InChI is InChI=1S/C20H41N5O/c1-17(2)14-24-11-12-26-18(15-24)13-22-19(21-5)23-16-20(3,4)25-9-7-6-8-10-25/h17-18H,6-16H2,1-5H3,(H2,21,22,23). The lowest BCUT2D eigenvalue weighted by molar-refractivity contribution is -0.0284. The number of aliphatic imine (C=N–C) groups is 1. The van der Waals surface area contributed by atoms with Crippen molar-refractivity contribution in [2.45, 2.75) is 58.6 Å². The molecule has 26 heavy (non-hydrogen) atoms. The van der Waals surface area contributed by atoms with E-state index in [9.17, 15) is 0 Å². The minimum Gasteiger partial charge on any atom is -0.374 e. The third kappa shape index (κ3) is 7.05. The monoisotopic (exact) mass is 367 g/mol. The molecule has 1 unspecified atom stereocenters. The van der Waals surface area contributed by atoms with E-state index in [2.05, 4.69) is 53.1 Å². The summed E-state index contributed by atoms with van der Waals surface area (Å²) in [5, 5.41) is 6.98. The first-order valence-electron chi connectivity index (χ1n) is 10.4. The van der Waals surface area contributed by atoms with Crippen molar-refractivity contribution in [3.05, 3.63) is 0 Å². The summed E-state index contributed by atoms with van der Waals surface area (Å²) in [4.78, 5) is 9.51. The van der Waals surface area contributed by atoms with Gasteiger partial charge in [0.15, 0.2) is 5.96 Å². The second-order valence-corrected chi connectivity index (χ2v) is 8.81. The second-order valence-electron chi connectivity index (χ2n) is 8.81. The van der Waals surface area contributed by atoms with Crippen molar-refractivity contribution in [3.8, 4) is 0 Å². The summed E-state index contributed by atoms with van der Waals surface area (Å²) in [6, 6.07) is 0. The highest BCUT2D eigenvalue weighted by atomic mass is 16.5. The van der Waals surface area contributed by atoms with Gasteiger partial charge in [0.05, 0.1) is 12.7 Å². The largest absolute Gasteiger partial charge is 0.374 e. The van der Waals surface area contributed by atoms with Crippen molar-refractivity contribution < 1.29 is 4.74 Å². The van der Waals surface area contributed by atoms with E-state index >= 15 is 0 Å². The first-order valence-corrected chi connectivity index (χ1v) is 10.4. The third-order valence-electron chi connectivity index (χ3n) is 5.47. The molecule has 152 valence electrons. The van der Waals surface area contributed by atoms with Crippen LogP contribution in [0.4, 0.5) is 0 Å². The van der Waals surface area contributed by atoms with Gasteiger partial charge in [-0.2, -0.15) is 0 Å². The number of likely N-dealkylation sites (tertiary alicyclic amines) is 1. The highest BCUT2D eigenvalue weighted by Crippen LogP contribution is 2.19. The molecule has 0 aromatic rings. The van der Waals surface area contributed by atoms with Gasteiger partial charge < -0.3 is 15.4 Å². The van der Waals surface area contributed by atoms with Crippen LogP contribution in [-0.4, -0.2) is 86.9 Å². The van der Waals surface area contributed by atoms with Gasteiger partial charge >= 0.3 is 0 Å². The lowest BCUT2D eigenvalue weighted by Crippen LogP contribution is -2.56. The number of morpholine rings is 1. The Hall–Kier alpha value is -0.850. The first kappa shape index (κ1) is 21.5. The predicted octanol–water partition coefficient (Wildman–Crippen LogP) is 1.77. The second kappa shape index (κ2) is 10.5. The molecule has 6 heteroatoms. The van der Waals surface area contributed by atoms with Gasteiger partial charge in [-0.15, -0.1) is 0 Å². The maximum absolute atomic E-state index is 5.93. The molecule has 0 spiro atoms. The van der Waals surface area contributed by atoms with Gasteiger partial charge in [0.25, 0.3) is 0 Å². The van der Waals surface area contributed by atoms with Crippen molar-refractivity contribution in [3.63, 3.8) is 0 Å². The van der Waals surface area contributed by atoms with E-state index in [0.29, 0.717) is 5.92 Å². The summed E-state index contributed by atoms with van der Waals surface area (Å²) in [5.74, 6) is 1.58. The summed E-state index contributed by atoms with van der Waals surface area (Å²) in [5.41, 5.74) is 0.146. The molecule has 2 fully saturated rings. The summed E-state index contributed by atoms with van der Waals surface area (Å²) in [6.07, 6.45) is 4.25. The Balaban J connectivity index is 1.73. The van der Waals surface area contributed by atoms with E-state index in [1.807, 2.05) is 7.05 Å². The average molecular weight is 368 g/mol. The normalized spacial score (nSPS) is 24.1. The molecule has 2 heterocycles. The van der Waals surface area contributed by atoms with Crippen molar-refractivity contribution in [1.82, 2.24) is 20.4 Å². The number of piperidine rings is 1. The van der Waals surface area contributed by atoms with Crippen LogP contribution in [0.25, 0.3) is 0 Å². The Morgan fingerprint density at radius 1 is 1.15 bits per heavy atom. The van der Waals surface area contributed by atoms with Crippen molar-refractivity contribution >= 4 is 5.96 Å². The van der Waals surface area contributed by atoms with Gasteiger partial charge in [0, 0.05) is 45.3 Å². The maximum Gasteiger partial charge on any atom is 0.191 e. The Labute approximate surface area is 160 Å². The van der Waals surface area contributed by atoms with E-state index in [1.165, 1.54) is 32.4 Å². The van der Waals surface area contributed by atoms with Crippen LogP contribution in [0.15, 0.2) is 4.99 Å². The third-order valence-corrected chi connectivity index (χ3v) is 5.47. The quantitative estimate of drug-likeness (QED) is 0.531. The first-order chi connectivity index (χ1) is 12.4. The van der Waals surface area contributed by atoms with E-state index in [4.69, 9.17) is 4.74 Å². The van der Waals surface area contributed by atoms with Gasteiger partial charge in [-0.3, -0.25) is 14.8 Å². The highest BCUT2D eigenvalue weighted by molar-refractivity contribution is 5.79. The molecular weight excluding hydrogens is 326 g/mol. The van der Waals surface area contributed by atoms with Gasteiger partial charge in [-0.1, -0.05) is 20.3 Å².